The second-order valence-corrected chi connectivity index (χ2v) is 6.83. The Morgan fingerprint density at radius 2 is 1.95 bits per heavy atom. The molecular weight excluding hydrogens is 302 g/mol. The number of hydrogen-bond donors (Lipinski definition) is 4. The smallest absolute Gasteiger partial charge is 0.322 e. The summed E-state index contributed by atoms with van der Waals surface area (Å²) in [5, 5.41) is 13.5. The SMILES string of the molecule is CSS[C@H](CN)CC[C@H](NC(C)=O)C(=O)NCC(=O)O. The van der Waals surface area contributed by atoms with Crippen molar-refractivity contribution in [1.29, 1.82) is 0 Å². The monoisotopic (exact) mass is 323 g/mol. The summed E-state index contributed by atoms with van der Waals surface area (Å²) >= 11 is 0. The molecule has 0 saturated carbocycles. The van der Waals surface area contributed by atoms with Crippen molar-refractivity contribution in [2.45, 2.75) is 31.1 Å². The maximum Gasteiger partial charge on any atom is 0.322 e. The predicted molar refractivity (Wildman–Crippen MR) is 81.4 cm³/mol. The number of amides is 2. The van der Waals surface area contributed by atoms with Crippen molar-refractivity contribution in [3.63, 3.8) is 0 Å². The minimum absolute atomic E-state index is 0.188. The molecule has 0 unspecified atom stereocenters. The van der Waals surface area contributed by atoms with Crippen LogP contribution in [0, 0.1) is 0 Å². The van der Waals surface area contributed by atoms with Gasteiger partial charge in [0, 0.05) is 18.7 Å². The van der Waals surface area contributed by atoms with Gasteiger partial charge in [-0.05, 0) is 19.1 Å². The zero-order chi connectivity index (χ0) is 15.5. The highest BCUT2D eigenvalue weighted by atomic mass is 33.1. The third-order valence-electron chi connectivity index (χ3n) is 2.38. The standard InChI is InChI=1S/C11H21N3O4S2/c1-7(15)14-9(11(18)13-6-10(16)17)4-3-8(5-12)20-19-2/h8-9H,3-6,12H2,1-2H3,(H,13,18)(H,14,15)(H,16,17)/t8-,9-/m0/s1. The van der Waals surface area contributed by atoms with Gasteiger partial charge in [0.1, 0.15) is 12.6 Å². The van der Waals surface area contributed by atoms with E-state index in [9.17, 15) is 14.4 Å². The molecule has 0 saturated heterocycles. The molecule has 0 radical (unpaired) electrons. The van der Waals surface area contributed by atoms with Crippen molar-refractivity contribution >= 4 is 39.4 Å². The fourth-order valence-electron chi connectivity index (χ4n) is 1.49. The Morgan fingerprint density at radius 3 is 2.40 bits per heavy atom. The number of carbonyl (C=O) groups is 3. The number of hydrogen-bond acceptors (Lipinski definition) is 6. The minimum atomic E-state index is -1.13. The zero-order valence-electron chi connectivity index (χ0n) is 11.5. The van der Waals surface area contributed by atoms with Gasteiger partial charge in [-0.25, -0.2) is 0 Å². The highest BCUT2D eigenvalue weighted by Gasteiger charge is 2.21. The van der Waals surface area contributed by atoms with Crippen LogP contribution < -0.4 is 16.4 Å². The van der Waals surface area contributed by atoms with Crippen LogP contribution in [0.1, 0.15) is 19.8 Å². The van der Waals surface area contributed by atoms with E-state index in [0.717, 1.165) is 0 Å². The molecule has 9 heteroatoms. The van der Waals surface area contributed by atoms with Crippen LogP contribution in [0.2, 0.25) is 0 Å². The molecule has 0 spiro atoms. The topological polar surface area (TPSA) is 122 Å². The third-order valence-corrected chi connectivity index (χ3v) is 4.67. The van der Waals surface area contributed by atoms with Gasteiger partial charge in [0.25, 0.3) is 0 Å². The number of nitrogens with two attached hydrogens (primary N) is 1. The Kier molecular flexibility index (Phi) is 10.3. The number of nitrogens with one attached hydrogen (secondary N) is 2. The lowest BCUT2D eigenvalue weighted by Gasteiger charge is -2.19. The summed E-state index contributed by atoms with van der Waals surface area (Å²) in [6, 6.07) is -0.733. The summed E-state index contributed by atoms with van der Waals surface area (Å²) in [6.45, 7) is 1.33. The molecule has 5 N–H and O–H groups in total. The fourth-order valence-corrected chi connectivity index (χ4v) is 3.42. The van der Waals surface area contributed by atoms with Crippen LogP contribution in [-0.2, 0) is 14.4 Å². The molecule has 0 rings (SSSR count). The van der Waals surface area contributed by atoms with Gasteiger partial charge in [-0.1, -0.05) is 21.6 Å². The zero-order valence-corrected chi connectivity index (χ0v) is 13.2. The van der Waals surface area contributed by atoms with Crippen LogP contribution in [0.5, 0.6) is 0 Å². The van der Waals surface area contributed by atoms with Crippen molar-refractivity contribution in [2.24, 2.45) is 5.73 Å². The molecule has 2 atom stereocenters. The Labute approximate surface area is 126 Å². The first-order valence-corrected chi connectivity index (χ1v) is 8.69. The van der Waals surface area contributed by atoms with Crippen LogP contribution in [-0.4, -0.2) is 53.5 Å². The number of carboxylic acids is 1. The second kappa shape index (κ2) is 10.8. The van der Waals surface area contributed by atoms with Gasteiger partial charge < -0.3 is 21.5 Å². The molecule has 0 bridgehead atoms. The average molecular weight is 323 g/mol. The molecule has 2 amide bonds. The lowest BCUT2D eigenvalue weighted by Crippen LogP contribution is -2.47. The molecule has 7 nitrogen and oxygen atoms in total. The van der Waals surface area contributed by atoms with E-state index in [1.807, 2.05) is 6.26 Å². The van der Waals surface area contributed by atoms with Crippen molar-refractivity contribution in [3.05, 3.63) is 0 Å². The van der Waals surface area contributed by atoms with Crippen LogP contribution >= 0.6 is 21.6 Å². The second-order valence-electron chi connectivity index (χ2n) is 4.06. The quantitative estimate of drug-likeness (QED) is 0.411. The largest absolute Gasteiger partial charge is 0.480 e. The highest BCUT2D eigenvalue weighted by Crippen LogP contribution is 2.26. The summed E-state index contributed by atoms with van der Waals surface area (Å²) in [5.74, 6) is -1.95. The molecule has 116 valence electrons. The normalized spacial score (nSPS) is 13.3. The number of rotatable bonds is 10. The number of carbonyl (C=O) groups excluding carboxylic acids is 2. The summed E-state index contributed by atoms with van der Waals surface area (Å²) < 4.78 is 0. The fraction of sp³-hybridized carbons (Fsp3) is 0.727. The van der Waals surface area contributed by atoms with Crippen molar-refractivity contribution < 1.29 is 19.5 Å². The van der Waals surface area contributed by atoms with Gasteiger partial charge in [-0.3, -0.25) is 14.4 Å². The van der Waals surface area contributed by atoms with Gasteiger partial charge in [0.2, 0.25) is 11.8 Å². The maximum absolute atomic E-state index is 11.8. The molecule has 0 aromatic rings. The van der Waals surface area contributed by atoms with E-state index < -0.39 is 24.5 Å². The van der Waals surface area contributed by atoms with Crippen molar-refractivity contribution in [1.82, 2.24) is 10.6 Å². The average Bonchev–Trinajstić information content (AvgIpc) is 2.38. The number of aliphatic carboxylic acids is 1. The Morgan fingerprint density at radius 1 is 1.30 bits per heavy atom. The Balaban J connectivity index is 4.43. The molecule has 0 aliphatic heterocycles. The Bertz CT molecular complexity index is 342. The molecule has 0 heterocycles. The van der Waals surface area contributed by atoms with E-state index in [4.69, 9.17) is 10.8 Å². The van der Waals surface area contributed by atoms with Crippen LogP contribution in [0.25, 0.3) is 0 Å². The summed E-state index contributed by atoms with van der Waals surface area (Å²) in [4.78, 5) is 33.3. The molecular formula is C11H21N3O4S2. The number of carboxylic acid groups (broad SMARTS) is 1. The van der Waals surface area contributed by atoms with Crippen LogP contribution in [0.3, 0.4) is 0 Å². The molecule has 0 aliphatic rings. The van der Waals surface area contributed by atoms with Crippen LogP contribution in [0.15, 0.2) is 0 Å². The van der Waals surface area contributed by atoms with Gasteiger partial charge >= 0.3 is 5.97 Å². The summed E-state index contributed by atoms with van der Waals surface area (Å²) in [6.07, 6.45) is 3.02. The van der Waals surface area contributed by atoms with Crippen molar-refractivity contribution in [3.8, 4) is 0 Å². The first-order chi connectivity index (χ1) is 9.40. The van der Waals surface area contributed by atoms with E-state index in [1.165, 1.54) is 6.92 Å². The lowest BCUT2D eigenvalue weighted by atomic mass is 10.1. The molecule has 0 aromatic carbocycles. The van der Waals surface area contributed by atoms with Crippen LogP contribution in [0.4, 0.5) is 0 Å². The first kappa shape index (κ1) is 19.1. The van der Waals surface area contributed by atoms with E-state index in [0.29, 0.717) is 19.4 Å². The van der Waals surface area contributed by atoms with Gasteiger partial charge in [-0.2, -0.15) is 0 Å². The van der Waals surface area contributed by atoms with Gasteiger partial charge in [-0.15, -0.1) is 0 Å². The van der Waals surface area contributed by atoms with E-state index in [-0.39, 0.29) is 11.2 Å². The molecule has 0 aromatic heterocycles. The van der Waals surface area contributed by atoms with E-state index >= 15 is 0 Å². The highest BCUT2D eigenvalue weighted by molar-refractivity contribution is 8.76. The first-order valence-electron chi connectivity index (χ1n) is 6.06. The molecule has 0 fully saturated rings. The van der Waals surface area contributed by atoms with E-state index in [1.54, 1.807) is 21.6 Å². The third kappa shape index (κ3) is 9.05. The van der Waals surface area contributed by atoms with E-state index in [2.05, 4.69) is 10.6 Å². The predicted octanol–water partition coefficient (Wildman–Crippen LogP) is -0.189. The lowest BCUT2D eigenvalue weighted by molar-refractivity contribution is -0.138. The van der Waals surface area contributed by atoms with Gasteiger partial charge in [0.05, 0.1) is 0 Å². The minimum Gasteiger partial charge on any atom is -0.480 e. The Hall–Kier alpha value is -0.930. The van der Waals surface area contributed by atoms with Gasteiger partial charge in [0.15, 0.2) is 0 Å². The molecule has 20 heavy (non-hydrogen) atoms. The summed E-state index contributed by atoms with van der Waals surface area (Å²) in [7, 11) is 3.21. The summed E-state index contributed by atoms with van der Waals surface area (Å²) in [5.41, 5.74) is 5.62. The maximum atomic E-state index is 11.8. The van der Waals surface area contributed by atoms with Crippen molar-refractivity contribution in [2.75, 3.05) is 19.3 Å². The molecule has 0 aliphatic carbocycles.